The molecule has 0 atom stereocenters. The van der Waals surface area contributed by atoms with E-state index in [-0.39, 0.29) is 11.6 Å². The minimum absolute atomic E-state index is 0.100. The number of nitrogens with zero attached hydrogens (tertiary/aromatic N) is 5. The van der Waals surface area contributed by atoms with Gasteiger partial charge in [-0.1, -0.05) is 45.2 Å². The van der Waals surface area contributed by atoms with Crippen LogP contribution in [0, 0.1) is 5.92 Å². The van der Waals surface area contributed by atoms with Crippen molar-refractivity contribution in [3.05, 3.63) is 40.3 Å². The van der Waals surface area contributed by atoms with Gasteiger partial charge in [-0.3, -0.25) is 14.3 Å². The zero-order chi connectivity index (χ0) is 23.7. The van der Waals surface area contributed by atoms with E-state index in [2.05, 4.69) is 59.2 Å². The first kappa shape index (κ1) is 23.2. The fraction of sp³-hybridized carbons (Fsp3) is 0.593. The molecule has 2 fully saturated rings. The van der Waals surface area contributed by atoms with Gasteiger partial charge in [0.05, 0.1) is 0 Å². The summed E-state index contributed by atoms with van der Waals surface area (Å²) in [6.07, 6.45) is 7.59. The quantitative estimate of drug-likeness (QED) is 0.552. The molecule has 1 N–H and O–H groups in total. The van der Waals surface area contributed by atoms with Gasteiger partial charge in [0.1, 0.15) is 5.65 Å². The van der Waals surface area contributed by atoms with E-state index in [0.29, 0.717) is 11.9 Å². The lowest BCUT2D eigenvalue weighted by Crippen LogP contribution is -2.43. The van der Waals surface area contributed by atoms with Gasteiger partial charge in [-0.15, -0.1) is 0 Å². The SMILES string of the molecule is CC(C)CNc1ncc2c3ccc(CN4CCN(C)CC4)cc3c(=O)n(C3CCCCC3)c2n1. The van der Waals surface area contributed by atoms with Crippen molar-refractivity contribution in [2.24, 2.45) is 5.92 Å². The third kappa shape index (κ3) is 4.82. The van der Waals surface area contributed by atoms with Crippen LogP contribution in [0.25, 0.3) is 21.8 Å². The standard InChI is InChI=1S/C27H38N6O/c1-19(2)16-28-27-29-17-24-22-10-9-20(18-32-13-11-31(3)12-14-32)15-23(22)26(34)33(25(24)30-27)21-7-5-4-6-8-21/h9-10,15,17,19,21H,4-8,11-14,16,18H2,1-3H3,(H,28,29,30). The number of pyridine rings is 1. The summed E-state index contributed by atoms with van der Waals surface area (Å²) in [6.45, 7) is 10.4. The number of anilines is 1. The van der Waals surface area contributed by atoms with Gasteiger partial charge < -0.3 is 10.2 Å². The number of piperazine rings is 1. The number of rotatable bonds is 6. The summed E-state index contributed by atoms with van der Waals surface area (Å²) >= 11 is 0. The normalized spacial score (nSPS) is 18.8. The van der Waals surface area contributed by atoms with Gasteiger partial charge >= 0.3 is 0 Å². The van der Waals surface area contributed by atoms with Crippen LogP contribution in [0.5, 0.6) is 0 Å². The predicted octanol–water partition coefficient (Wildman–Crippen LogP) is 4.27. The third-order valence-corrected chi connectivity index (χ3v) is 7.43. The van der Waals surface area contributed by atoms with Crippen molar-refractivity contribution >= 4 is 27.8 Å². The highest BCUT2D eigenvalue weighted by Crippen LogP contribution is 2.32. The van der Waals surface area contributed by atoms with Crippen LogP contribution in [0.4, 0.5) is 5.95 Å². The lowest BCUT2D eigenvalue weighted by molar-refractivity contribution is 0.148. The number of hydrogen-bond acceptors (Lipinski definition) is 6. The second kappa shape index (κ2) is 10.0. The van der Waals surface area contributed by atoms with Crippen LogP contribution in [-0.4, -0.2) is 64.1 Å². The lowest BCUT2D eigenvalue weighted by Gasteiger charge is -2.32. The number of likely N-dealkylation sites (N-methyl/N-ethyl adjacent to an activating group) is 1. The lowest BCUT2D eigenvalue weighted by atomic mass is 9.94. The average Bonchev–Trinajstić information content (AvgIpc) is 2.85. The molecule has 1 saturated heterocycles. The first-order valence-electron chi connectivity index (χ1n) is 13.0. The highest BCUT2D eigenvalue weighted by Gasteiger charge is 2.23. The third-order valence-electron chi connectivity index (χ3n) is 7.43. The maximum Gasteiger partial charge on any atom is 0.260 e. The van der Waals surface area contributed by atoms with E-state index in [1.54, 1.807) is 0 Å². The second-order valence-electron chi connectivity index (χ2n) is 10.6. The Bertz CT molecular complexity index is 1210. The Morgan fingerprint density at radius 1 is 1.03 bits per heavy atom. The van der Waals surface area contributed by atoms with Crippen molar-refractivity contribution in [3.63, 3.8) is 0 Å². The molecule has 2 aliphatic rings. The molecule has 1 aliphatic heterocycles. The van der Waals surface area contributed by atoms with Crippen LogP contribution in [0.3, 0.4) is 0 Å². The summed E-state index contributed by atoms with van der Waals surface area (Å²) in [6, 6.07) is 6.62. The van der Waals surface area contributed by atoms with Crippen LogP contribution >= 0.6 is 0 Å². The Labute approximate surface area is 202 Å². The van der Waals surface area contributed by atoms with Gasteiger partial charge in [-0.05, 0) is 42.8 Å². The summed E-state index contributed by atoms with van der Waals surface area (Å²) in [5.74, 6) is 1.10. The molecule has 0 spiro atoms. The largest absolute Gasteiger partial charge is 0.354 e. The maximum atomic E-state index is 14.0. The van der Waals surface area contributed by atoms with Crippen molar-refractivity contribution in [1.29, 1.82) is 0 Å². The van der Waals surface area contributed by atoms with Crippen LogP contribution in [0.15, 0.2) is 29.2 Å². The molecule has 7 heteroatoms. The molecule has 0 amide bonds. The molecule has 0 radical (unpaired) electrons. The number of nitrogens with one attached hydrogen (secondary N) is 1. The summed E-state index contributed by atoms with van der Waals surface area (Å²) in [7, 11) is 2.18. The molecule has 0 bridgehead atoms. The molecule has 2 aromatic heterocycles. The molecular weight excluding hydrogens is 424 g/mol. The molecule has 1 aliphatic carbocycles. The van der Waals surface area contributed by atoms with E-state index in [1.165, 1.54) is 24.8 Å². The smallest absolute Gasteiger partial charge is 0.260 e. The fourth-order valence-corrected chi connectivity index (χ4v) is 5.40. The fourth-order valence-electron chi connectivity index (χ4n) is 5.40. The van der Waals surface area contributed by atoms with Gasteiger partial charge in [0.25, 0.3) is 5.56 Å². The molecule has 34 heavy (non-hydrogen) atoms. The monoisotopic (exact) mass is 462 g/mol. The Balaban J connectivity index is 1.59. The molecule has 0 unspecified atom stereocenters. The minimum Gasteiger partial charge on any atom is -0.354 e. The van der Waals surface area contributed by atoms with E-state index in [1.807, 2.05) is 10.8 Å². The highest BCUT2D eigenvalue weighted by molar-refractivity contribution is 6.04. The molecule has 3 aromatic rings. The molecule has 1 saturated carbocycles. The first-order valence-corrected chi connectivity index (χ1v) is 13.0. The van der Waals surface area contributed by atoms with E-state index in [0.717, 1.165) is 73.9 Å². The van der Waals surface area contributed by atoms with Crippen molar-refractivity contribution in [2.45, 2.75) is 58.5 Å². The van der Waals surface area contributed by atoms with Crippen molar-refractivity contribution in [3.8, 4) is 0 Å². The maximum absolute atomic E-state index is 14.0. The zero-order valence-corrected chi connectivity index (χ0v) is 20.9. The topological polar surface area (TPSA) is 66.3 Å². The minimum atomic E-state index is 0.100. The summed E-state index contributed by atoms with van der Waals surface area (Å²) in [5, 5.41) is 6.08. The molecular formula is C27H38N6O. The predicted molar refractivity (Wildman–Crippen MR) is 140 cm³/mol. The number of aromatic nitrogens is 3. The number of benzene rings is 1. The zero-order valence-electron chi connectivity index (χ0n) is 20.9. The van der Waals surface area contributed by atoms with Gasteiger partial charge in [-0.25, -0.2) is 4.98 Å². The molecule has 182 valence electrons. The first-order chi connectivity index (χ1) is 16.5. The van der Waals surface area contributed by atoms with Crippen LogP contribution in [0.1, 0.15) is 57.6 Å². The van der Waals surface area contributed by atoms with E-state index in [4.69, 9.17) is 4.98 Å². The van der Waals surface area contributed by atoms with E-state index in [9.17, 15) is 4.79 Å². The number of fused-ring (bicyclic) bond motifs is 3. The van der Waals surface area contributed by atoms with Gasteiger partial charge in [0.2, 0.25) is 5.95 Å². The second-order valence-corrected chi connectivity index (χ2v) is 10.6. The highest BCUT2D eigenvalue weighted by atomic mass is 16.1. The number of hydrogen-bond donors (Lipinski definition) is 1. The summed E-state index contributed by atoms with van der Waals surface area (Å²) < 4.78 is 2.00. The Kier molecular flexibility index (Phi) is 6.84. The van der Waals surface area contributed by atoms with E-state index < -0.39 is 0 Å². The van der Waals surface area contributed by atoms with Gasteiger partial charge in [-0.2, -0.15) is 4.98 Å². The van der Waals surface area contributed by atoms with Crippen LogP contribution < -0.4 is 10.9 Å². The molecule has 5 rings (SSSR count). The van der Waals surface area contributed by atoms with Crippen LogP contribution in [0.2, 0.25) is 0 Å². The Hall–Kier alpha value is -2.51. The average molecular weight is 463 g/mol. The molecule has 1 aromatic carbocycles. The Morgan fingerprint density at radius 3 is 2.53 bits per heavy atom. The van der Waals surface area contributed by atoms with Crippen LogP contribution in [-0.2, 0) is 6.54 Å². The summed E-state index contributed by atoms with van der Waals surface area (Å²) in [5.41, 5.74) is 2.08. The van der Waals surface area contributed by atoms with Crippen molar-refractivity contribution < 1.29 is 0 Å². The summed E-state index contributed by atoms with van der Waals surface area (Å²) in [4.78, 5) is 28.3. The van der Waals surface area contributed by atoms with Crippen molar-refractivity contribution in [2.75, 3.05) is 45.1 Å². The van der Waals surface area contributed by atoms with Gasteiger partial charge in [0, 0.05) is 62.3 Å². The van der Waals surface area contributed by atoms with Crippen molar-refractivity contribution in [1.82, 2.24) is 24.3 Å². The molecule has 7 nitrogen and oxygen atoms in total. The molecule has 3 heterocycles. The van der Waals surface area contributed by atoms with Gasteiger partial charge in [0.15, 0.2) is 0 Å². The van der Waals surface area contributed by atoms with E-state index >= 15 is 0 Å². The Morgan fingerprint density at radius 2 is 1.79 bits per heavy atom.